The summed E-state index contributed by atoms with van der Waals surface area (Å²) in [6.45, 7) is 1.51. The van der Waals surface area contributed by atoms with Gasteiger partial charge in [0.05, 0.1) is 16.5 Å². The highest BCUT2D eigenvalue weighted by molar-refractivity contribution is 9.11. The molecule has 1 heterocycles. The number of hydrogen-bond donors (Lipinski definition) is 1. The van der Waals surface area contributed by atoms with E-state index in [4.69, 9.17) is 4.74 Å². The van der Waals surface area contributed by atoms with E-state index in [0.717, 1.165) is 26.7 Å². The molecule has 1 saturated heterocycles. The Kier molecular flexibility index (Phi) is 6.81. The van der Waals surface area contributed by atoms with E-state index >= 15 is 0 Å². The SMILES string of the molecule is COc1c(Br)cc(Br)cc1/C=C1/SC(=O)N(CC(=O)Nc2ccccc2C)C1=O. The maximum atomic E-state index is 12.7. The number of para-hydroxylation sites is 1. The van der Waals surface area contributed by atoms with Gasteiger partial charge in [-0.05, 0) is 64.5 Å². The largest absolute Gasteiger partial charge is 0.495 e. The number of amides is 3. The molecule has 0 radical (unpaired) electrons. The monoisotopic (exact) mass is 538 g/mol. The normalized spacial score (nSPS) is 15.2. The number of aryl methyl sites for hydroxylation is 1. The van der Waals surface area contributed by atoms with Crippen LogP contribution in [0.3, 0.4) is 0 Å². The molecule has 0 unspecified atom stereocenters. The average molecular weight is 540 g/mol. The molecule has 0 bridgehead atoms. The summed E-state index contributed by atoms with van der Waals surface area (Å²) in [6, 6.07) is 10.9. The Labute approximate surface area is 188 Å². The fourth-order valence-corrected chi connectivity index (χ4v) is 4.98. The molecular formula is C20H16Br2N2O4S. The topological polar surface area (TPSA) is 75.7 Å². The summed E-state index contributed by atoms with van der Waals surface area (Å²) >= 11 is 7.60. The molecule has 2 aromatic carbocycles. The quantitative estimate of drug-likeness (QED) is 0.528. The van der Waals surface area contributed by atoms with E-state index < -0.39 is 17.1 Å². The van der Waals surface area contributed by atoms with Gasteiger partial charge in [-0.15, -0.1) is 0 Å². The Morgan fingerprint density at radius 1 is 1.24 bits per heavy atom. The van der Waals surface area contributed by atoms with E-state index in [0.29, 0.717) is 21.5 Å². The summed E-state index contributed by atoms with van der Waals surface area (Å²) in [7, 11) is 1.52. The second kappa shape index (κ2) is 9.15. The maximum Gasteiger partial charge on any atom is 0.294 e. The molecule has 0 spiro atoms. The first kappa shape index (κ1) is 21.6. The highest BCUT2D eigenvalue weighted by atomic mass is 79.9. The number of imide groups is 1. The molecule has 2 aromatic rings. The smallest absolute Gasteiger partial charge is 0.294 e. The Morgan fingerprint density at radius 3 is 2.66 bits per heavy atom. The number of nitrogens with one attached hydrogen (secondary N) is 1. The Morgan fingerprint density at radius 2 is 1.97 bits per heavy atom. The molecule has 9 heteroatoms. The van der Waals surface area contributed by atoms with Crippen molar-refractivity contribution in [2.24, 2.45) is 0 Å². The van der Waals surface area contributed by atoms with Gasteiger partial charge in [-0.25, -0.2) is 0 Å². The van der Waals surface area contributed by atoms with Gasteiger partial charge in [0.1, 0.15) is 12.3 Å². The van der Waals surface area contributed by atoms with E-state index in [1.807, 2.05) is 25.1 Å². The minimum Gasteiger partial charge on any atom is -0.495 e. The lowest BCUT2D eigenvalue weighted by atomic mass is 10.2. The minimum atomic E-state index is -0.516. The number of carbonyl (C=O) groups excluding carboxylic acids is 3. The van der Waals surface area contributed by atoms with Crippen molar-refractivity contribution in [3.63, 3.8) is 0 Å². The van der Waals surface area contributed by atoms with Gasteiger partial charge in [0.2, 0.25) is 5.91 Å². The third-order valence-electron chi connectivity index (χ3n) is 4.12. The van der Waals surface area contributed by atoms with Crippen molar-refractivity contribution in [1.82, 2.24) is 4.90 Å². The molecule has 3 rings (SSSR count). The van der Waals surface area contributed by atoms with E-state index in [1.165, 1.54) is 7.11 Å². The number of nitrogens with zero attached hydrogens (tertiary/aromatic N) is 1. The Hall–Kier alpha value is -2.10. The number of anilines is 1. The van der Waals surface area contributed by atoms with Crippen molar-refractivity contribution in [2.45, 2.75) is 6.92 Å². The van der Waals surface area contributed by atoms with Gasteiger partial charge in [-0.1, -0.05) is 34.1 Å². The van der Waals surface area contributed by atoms with Crippen molar-refractivity contribution >= 4 is 72.4 Å². The Bertz CT molecular complexity index is 1040. The Balaban J connectivity index is 1.79. The highest BCUT2D eigenvalue weighted by Gasteiger charge is 2.36. The van der Waals surface area contributed by atoms with Gasteiger partial charge < -0.3 is 10.1 Å². The molecule has 1 aliphatic heterocycles. The highest BCUT2D eigenvalue weighted by Crippen LogP contribution is 2.38. The second-order valence-corrected chi connectivity index (χ2v) is 8.90. The number of carbonyl (C=O) groups is 3. The zero-order valence-corrected chi connectivity index (χ0v) is 19.5. The number of ether oxygens (including phenoxy) is 1. The predicted molar refractivity (Wildman–Crippen MR) is 121 cm³/mol. The summed E-state index contributed by atoms with van der Waals surface area (Å²) in [6.07, 6.45) is 1.58. The number of methoxy groups -OCH3 is 1. The molecular weight excluding hydrogens is 524 g/mol. The fourth-order valence-electron chi connectivity index (χ4n) is 2.73. The van der Waals surface area contributed by atoms with Gasteiger partial charge in [0, 0.05) is 15.7 Å². The lowest BCUT2D eigenvalue weighted by molar-refractivity contribution is -0.127. The standard InChI is InChI=1S/C20H16Br2N2O4S/c1-11-5-3-4-6-15(11)23-17(25)10-24-19(26)16(29-20(24)27)8-12-7-13(21)9-14(22)18(12)28-2/h3-9H,10H2,1-2H3,(H,23,25)/b16-8+. The number of benzene rings is 2. The third kappa shape index (κ3) is 4.91. The summed E-state index contributed by atoms with van der Waals surface area (Å²) in [5.74, 6) is -0.416. The molecule has 6 nitrogen and oxygen atoms in total. The predicted octanol–water partition coefficient (Wildman–Crippen LogP) is 5.20. The van der Waals surface area contributed by atoms with Crippen LogP contribution < -0.4 is 10.1 Å². The van der Waals surface area contributed by atoms with Crippen LogP contribution >= 0.6 is 43.6 Å². The van der Waals surface area contributed by atoms with E-state index in [1.54, 1.807) is 24.3 Å². The molecule has 0 saturated carbocycles. The summed E-state index contributed by atoms with van der Waals surface area (Å²) in [4.78, 5) is 38.5. The number of rotatable bonds is 5. The van der Waals surface area contributed by atoms with E-state index in [2.05, 4.69) is 37.2 Å². The third-order valence-corrected chi connectivity index (χ3v) is 6.08. The van der Waals surface area contributed by atoms with Crippen LogP contribution in [0.25, 0.3) is 6.08 Å². The molecule has 0 aliphatic carbocycles. The van der Waals surface area contributed by atoms with Crippen molar-refractivity contribution in [2.75, 3.05) is 19.0 Å². The summed E-state index contributed by atoms with van der Waals surface area (Å²) in [5, 5.41) is 2.24. The van der Waals surface area contributed by atoms with Gasteiger partial charge in [0.15, 0.2) is 0 Å². The summed E-state index contributed by atoms with van der Waals surface area (Å²) < 4.78 is 6.87. The van der Waals surface area contributed by atoms with E-state index in [-0.39, 0.29) is 11.4 Å². The lowest BCUT2D eigenvalue weighted by Gasteiger charge is -2.13. The molecule has 29 heavy (non-hydrogen) atoms. The number of hydrogen-bond acceptors (Lipinski definition) is 5. The van der Waals surface area contributed by atoms with Gasteiger partial charge >= 0.3 is 0 Å². The summed E-state index contributed by atoms with van der Waals surface area (Å²) in [5.41, 5.74) is 2.16. The first-order valence-corrected chi connectivity index (χ1v) is 10.8. The maximum absolute atomic E-state index is 12.7. The average Bonchev–Trinajstić information content (AvgIpc) is 2.91. The second-order valence-electron chi connectivity index (χ2n) is 6.14. The van der Waals surface area contributed by atoms with Crippen LogP contribution in [0.1, 0.15) is 11.1 Å². The minimum absolute atomic E-state index is 0.224. The van der Waals surface area contributed by atoms with Crippen molar-refractivity contribution in [3.05, 3.63) is 61.4 Å². The first-order valence-electron chi connectivity index (χ1n) is 8.44. The van der Waals surface area contributed by atoms with Gasteiger partial charge in [0.25, 0.3) is 11.1 Å². The van der Waals surface area contributed by atoms with Crippen molar-refractivity contribution in [1.29, 1.82) is 0 Å². The molecule has 150 valence electrons. The van der Waals surface area contributed by atoms with Gasteiger partial charge in [-0.3, -0.25) is 19.3 Å². The van der Waals surface area contributed by atoms with Crippen LogP contribution in [-0.2, 0) is 9.59 Å². The van der Waals surface area contributed by atoms with Crippen LogP contribution in [0.5, 0.6) is 5.75 Å². The van der Waals surface area contributed by atoms with Crippen LogP contribution in [0, 0.1) is 6.92 Å². The molecule has 3 amide bonds. The van der Waals surface area contributed by atoms with Gasteiger partial charge in [-0.2, -0.15) is 0 Å². The molecule has 0 atom stereocenters. The first-order chi connectivity index (χ1) is 13.8. The zero-order valence-electron chi connectivity index (χ0n) is 15.5. The van der Waals surface area contributed by atoms with Crippen molar-refractivity contribution in [3.8, 4) is 5.75 Å². The lowest BCUT2D eigenvalue weighted by Crippen LogP contribution is -2.36. The van der Waals surface area contributed by atoms with Crippen LogP contribution in [0.15, 0.2) is 50.2 Å². The zero-order chi connectivity index (χ0) is 21.1. The van der Waals surface area contributed by atoms with E-state index in [9.17, 15) is 14.4 Å². The van der Waals surface area contributed by atoms with Crippen molar-refractivity contribution < 1.29 is 19.1 Å². The van der Waals surface area contributed by atoms with Crippen LogP contribution in [0.4, 0.5) is 10.5 Å². The van der Waals surface area contributed by atoms with Crippen LogP contribution in [0.2, 0.25) is 0 Å². The van der Waals surface area contributed by atoms with Crippen LogP contribution in [-0.4, -0.2) is 35.6 Å². The molecule has 1 aliphatic rings. The fraction of sp³-hybridized carbons (Fsp3) is 0.150. The molecule has 1 fully saturated rings. The number of halogens is 2. The number of thioether (sulfide) groups is 1. The molecule has 1 N–H and O–H groups in total. The molecule has 0 aromatic heterocycles.